The number of ether oxygens (including phenoxy) is 1. The average molecular weight is 384 g/mol. The topological polar surface area (TPSA) is 79.0 Å². The number of carbonyl (C=O) groups excluding carboxylic acids is 1. The number of methoxy groups -OCH3 is 1. The molecule has 0 aliphatic carbocycles. The van der Waals surface area contributed by atoms with Crippen molar-refractivity contribution < 1.29 is 17.9 Å². The van der Waals surface area contributed by atoms with Crippen molar-refractivity contribution in [2.24, 2.45) is 0 Å². The SMILES string of the molecule is COCCCNC(=O)CCN(c1ccc(N2CCCC2)cc1)S(C)(=O)=O. The molecule has 1 aromatic carbocycles. The molecule has 2 rings (SSSR count). The van der Waals surface area contributed by atoms with Gasteiger partial charge in [-0.3, -0.25) is 9.10 Å². The van der Waals surface area contributed by atoms with Gasteiger partial charge in [0.25, 0.3) is 0 Å². The highest BCUT2D eigenvalue weighted by Crippen LogP contribution is 2.25. The molecule has 0 atom stereocenters. The van der Waals surface area contributed by atoms with Crippen molar-refractivity contribution in [2.75, 3.05) is 55.4 Å². The summed E-state index contributed by atoms with van der Waals surface area (Å²) < 4.78 is 30.5. The molecule has 8 heteroatoms. The first-order valence-electron chi connectivity index (χ1n) is 9.00. The van der Waals surface area contributed by atoms with Crippen LogP contribution in [0.15, 0.2) is 24.3 Å². The Bertz CT molecular complexity index is 670. The van der Waals surface area contributed by atoms with Crippen LogP contribution in [-0.4, -0.2) is 60.5 Å². The summed E-state index contributed by atoms with van der Waals surface area (Å²) in [5, 5.41) is 2.77. The highest BCUT2D eigenvalue weighted by atomic mass is 32.2. The molecule has 1 saturated heterocycles. The summed E-state index contributed by atoms with van der Waals surface area (Å²) in [6.45, 7) is 3.31. The van der Waals surface area contributed by atoms with E-state index in [1.54, 1.807) is 7.11 Å². The zero-order valence-electron chi connectivity index (χ0n) is 15.6. The minimum atomic E-state index is -3.45. The van der Waals surface area contributed by atoms with Gasteiger partial charge in [-0.2, -0.15) is 0 Å². The third kappa shape index (κ3) is 6.17. The zero-order valence-corrected chi connectivity index (χ0v) is 16.4. The van der Waals surface area contributed by atoms with Gasteiger partial charge in [-0.05, 0) is 43.5 Å². The van der Waals surface area contributed by atoms with Gasteiger partial charge >= 0.3 is 0 Å². The number of hydrogen-bond acceptors (Lipinski definition) is 5. The maximum Gasteiger partial charge on any atom is 0.232 e. The highest BCUT2D eigenvalue weighted by Gasteiger charge is 2.19. The van der Waals surface area contributed by atoms with Crippen molar-refractivity contribution in [3.05, 3.63) is 24.3 Å². The lowest BCUT2D eigenvalue weighted by Crippen LogP contribution is -2.35. The smallest absolute Gasteiger partial charge is 0.232 e. The maximum absolute atomic E-state index is 12.2. The lowest BCUT2D eigenvalue weighted by molar-refractivity contribution is -0.120. The van der Waals surface area contributed by atoms with Gasteiger partial charge in [-0.15, -0.1) is 0 Å². The lowest BCUT2D eigenvalue weighted by atomic mass is 10.2. The van der Waals surface area contributed by atoms with E-state index in [0.29, 0.717) is 18.8 Å². The van der Waals surface area contributed by atoms with Gasteiger partial charge in [0.2, 0.25) is 15.9 Å². The summed E-state index contributed by atoms with van der Waals surface area (Å²) in [5.74, 6) is -0.163. The van der Waals surface area contributed by atoms with E-state index in [-0.39, 0.29) is 18.9 Å². The fraction of sp³-hybridized carbons (Fsp3) is 0.611. The number of sulfonamides is 1. The molecule has 1 heterocycles. The molecule has 0 aromatic heterocycles. The van der Waals surface area contributed by atoms with Gasteiger partial charge in [0, 0.05) is 52.0 Å². The molecule has 0 spiro atoms. The summed E-state index contributed by atoms with van der Waals surface area (Å²) >= 11 is 0. The van der Waals surface area contributed by atoms with Gasteiger partial charge in [0.1, 0.15) is 0 Å². The van der Waals surface area contributed by atoms with Crippen LogP contribution >= 0.6 is 0 Å². The Labute approximate surface area is 156 Å². The predicted molar refractivity (Wildman–Crippen MR) is 104 cm³/mol. The van der Waals surface area contributed by atoms with E-state index in [1.807, 2.05) is 24.3 Å². The standard InChI is InChI=1S/C18H29N3O4S/c1-25-15-5-11-19-18(22)10-14-21(26(2,23)24)17-8-6-16(7-9-17)20-12-3-4-13-20/h6-9H,3-5,10-15H2,1-2H3,(H,19,22). The van der Waals surface area contributed by atoms with E-state index in [2.05, 4.69) is 10.2 Å². The largest absolute Gasteiger partial charge is 0.385 e. The molecular formula is C18H29N3O4S. The van der Waals surface area contributed by atoms with Gasteiger partial charge in [-0.25, -0.2) is 8.42 Å². The Morgan fingerprint density at radius 2 is 1.88 bits per heavy atom. The number of anilines is 2. The molecule has 1 amide bonds. The fourth-order valence-electron chi connectivity index (χ4n) is 3.03. The lowest BCUT2D eigenvalue weighted by Gasteiger charge is -2.24. The Morgan fingerprint density at radius 3 is 2.46 bits per heavy atom. The summed E-state index contributed by atoms with van der Waals surface area (Å²) in [7, 11) is -1.84. The van der Waals surface area contributed by atoms with Crippen LogP contribution in [-0.2, 0) is 19.6 Å². The number of benzene rings is 1. The van der Waals surface area contributed by atoms with Crippen molar-refractivity contribution in [3.63, 3.8) is 0 Å². The molecule has 7 nitrogen and oxygen atoms in total. The van der Waals surface area contributed by atoms with E-state index in [0.717, 1.165) is 31.5 Å². The summed E-state index contributed by atoms with van der Waals surface area (Å²) in [5.41, 5.74) is 1.69. The van der Waals surface area contributed by atoms with Gasteiger partial charge in [0.05, 0.1) is 11.9 Å². The predicted octanol–water partition coefficient (Wildman–Crippen LogP) is 1.60. The Kier molecular flexibility index (Phi) is 7.71. The van der Waals surface area contributed by atoms with Crippen LogP contribution in [0.2, 0.25) is 0 Å². The minimum absolute atomic E-state index is 0.119. The Balaban J connectivity index is 1.95. The van der Waals surface area contributed by atoms with E-state index < -0.39 is 10.0 Å². The van der Waals surface area contributed by atoms with Crippen LogP contribution < -0.4 is 14.5 Å². The monoisotopic (exact) mass is 383 g/mol. The van der Waals surface area contributed by atoms with Crippen LogP contribution in [0.3, 0.4) is 0 Å². The van der Waals surface area contributed by atoms with Crippen LogP contribution in [0, 0.1) is 0 Å². The molecule has 1 aliphatic heterocycles. The zero-order chi connectivity index (χ0) is 19.0. The maximum atomic E-state index is 12.2. The first kappa shape index (κ1) is 20.5. The molecule has 0 saturated carbocycles. The second-order valence-electron chi connectivity index (χ2n) is 6.49. The number of amides is 1. The average Bonchev–Trinajstić information content (AvgIpc) is 3.13. The number of nitrogens with one attached hydrogen (secondary N) is 1. The molecule has 0 bridgehead atoms. The van der Waals surface area contributed by atoms with E-state index in [1.165, 1.54) is 17.1 Å². The van der Waals surface area contributed by atoms with Crippen LogP contribution in [0.5, 0.6) is 0 Å². The molecule has 1 aromatic rings. The van der Waals surface area contributed by atoms with E-state index in [9.17, 15) is 13.2 Å². The van der Waals surface area contributed by atoms with Gasteiger partial charge < -0.3 is 15.0 Å². The summed E-state index contributed by atoms with van der Waals surface area (Å²) in [4.78, 5) is 14.2. The first-order valence-corrected chi connectivity index (χ1v) is 10.8. The molecule has 1 aliphatic rings. The number of nitrogens with zero attached hydrogens (tertiary/aromatic N) is 2. The Hall–Kier alpha value is -1.80. The number of carbonyl (C=O) groups is 1. The summed E-state index contributed by atoms with van der Waals surface area (Å²) in [6, 6.07) is 7.52. The van der Waals surface area contributed by atoms with Gasteiger partial charge in [-0.1, -0.05) is 0 Å². The van der Waals surface area contributed by atoms with Crippen molar-refractivity contribution in [1.29, 1.82) is 0 Å². The molecular weight excluding hydrogens is 354 g/mol. The van der Waals surface area contributed by atoms with Crippen LogP contribution in [0.4, 0.5) is 11.4 Å². The van der Waals surface area contributed by atoms with Crippen LogP contribution in [0.1, 0.15) is 25.7 Å². The molecule has 0 unspecified atom stereocenters. The molecule has 1 fully saturated rings. The minimum Gasteiger partial charge on any atom is -0.385 e. The number of hydrogen-bond donors (Lipinski definition) is 1. The molecule has 1 N–H and O–H groups in total. The van der Waals surface area contributed by atoms with E-state index in [4.69, 9.17) is 4.74 Å². The third-order valence-corrected chi connectivity index (χ3v) is 5.59. The third-order valence-electron chi connectivity index (χ3n) is 4.40. The fourth-order valence-corrected chi connectivity index (χ4v) is 3.95. The van der Waals surface area contributed by atoms with E-state index >= 15 is 0 Å². The first-order chi connectivity index (χ1) is 12.4. The quantitative estimate of drug-likeness (QED) is 0.621. The normalized spacial score (nSPS) is 14.5. The van der Waals surface area contributed by atoms with Gasteiger partial charge in [0.15, 0.2) is 0 Å². The Morgan fingerprint density at radius 1 is 1.23 bits per heavy atom. The summed E-state index contributed by atoms with van der Waals surface area (Å²) in [6.07, 6.45) is 4.40. The molecule has 26 heavy (non-hydrogen) atoms. The second-order valence-corrected chi connectivity index (χ2v) is 8.40. The molecule has 146 valence electrons. The van der Waals surface area contributed by atoms with Crippen molar-refractivity contribution in [1.82, 2.24) is 5.32 Å². The molecule has 0 radical (unpaired) electrons. The van der Waals surface area contributed by atoms with Crippen molar-refractivity contribution in [2.45, 2.75) is 25.7 Å². The highest BCUT2D eigenvalue weighted by molar-refractivity contribution is 7.92. The second kappa shape index (κ2) is 9.78. The van der Waals surface area contributed by atoms with Crippen LogP contribution in [0.25, 0.3) is 0 Å². The van der Waals surface area contributed by atoms with Crippen molar-refractivity contribution in [3.8, 4) is 0 Å². The number of rotatable bonds is 10. The van der Waals surface area contributed by atoms with Crippen molar-refractivity contribution >= 4 is 27.3 Å².